The zero-order valence-corrected chi connectivity index (χ0v) is 8.08. The van der Waals surface area contributed by atoms with Gasteiger partial charge in [0.15, 0.2) is 5.60 Å². The minimum Gasteiger partial charge on any atom is -0.479 e. The van der Waals surface area contributed by atoms with E-state index in [0.717, 1.165) is 0 Å². The summed E-state index contributed by atoms with van der Waals surface area (Å²) in [6.45, 7) is 4.07. The summed E-state index contributed by atoms with van der Waals surface area (Å²) < 4.78 is 0. The van der Waals surface area contributed by atoms with Crippen molar-refractivity contribution >= 4 is 5.97 Å². The van der Waals surface area contributed by atoms with E-state index in [-0.39, 0.29) is 11.8 Å². The number of carboxylic acids is 1. The quantitative estimate of drug-likeness (QED) is 0.552. The molecule has 2 unspecified atom stereocenters. The maximum atomic E-state index is 10.8. The highest BCUT2D eigenvalue weighted by Gasteiger charge is 2.48. The lowest BCUT2D eigenvalue weighted by atomic mass is 9.68. The average molecular weight is 187 g/mol. The third kappa shape index (κ3) is 1.84. The van der Waals surface area contributed by atoms with E-state index < -0.39 is 17.6 Å². The first-order chi connectivity index (χ1) is 5.78. The summed E-state index contributed by atoms with van der Waals surface area (Å²) in [5.74, 6) is -1.20. The second kappa shape index (κ2) is 2.96. The molecule has 0 bridgehead atoms. The summed E-state index contributed by atoms with van der Waals surface area (Å²) in [4.78, 5) is 10.8. The van der Waals surface area contributed by atoms with Gasteiger partial charge in [-0.15, -0.1) is 0 Å². The van der Waals surface area contributed by atoms with Crippen molar-refractivity contribution in [2.75, 3.05) is 0 Å². The standard InChI is InChI=1S/C9H17NO3/c1-8(2)3-4-9(13,7(11)12)6(10)5-8/h6,13H,3-5,10H2,1-2H3,(H,11,12). The molecule has 1 saturated carbocycles. The molecule has 0 radical (unpaired) electrons. The number of carbonyl (C=O) groups is 1. The van der Waals surface area contributed by atoms with Gasteiger partial charge < -0.3 is 15.9 Å². The first-order valence-corrected chi connectivity index (χ1v) is 4.49. The van der Waals surface area contributed by atoms with Crippen molar-refractivity contribution in [3.8, 4) is 0 Å². The highest BCUT2D eigenvalue weighted by Crippen LogP contribution is 2.39. The van der Waals surface area contributed by atoms with Crippen LogP contribution in [0.5, 0.6) is 0 Å². The first-order valence-electron chi connectivity index (χ1n) is 4.49. The predicted octanol–water partition coefficient (Wildman–Crippen LogP) is 0.339. The zero-order chi connectivity index (χ0) is 10.3. The Kier molecular flexibility index (Phi) is 2.38. The van der Waals surface area contributed by atoms with Crippen molar-refractivity contribution < 1.29 is 15.0 Å². The number of carboxylic acid groups (broad SMARTS) is 1. The van der Waals surface area contributed by atoms with E-state index in [1.165, 1.54) is 0 Å². The monoisotopic (exact) mass is 187 g/mol. The normalized spacial score (nSPS) is 38.6. The molecule has 1 aliphatic rings. The summed E-state index contributed by atoms with van der Waals surface area (Å²) >= 11 is 0. The summed E-state index contributed by atoms with van der Waals surface area (Å²) in [6.07, 6.45) is 1.50. The van der Waals surface area contributed by atoms with E-state index in [2.05, 4.69) is 0 Å². The first kappa shape index (κ1) is 10.5. The molecule has 2 atom stereocenters. The number of aliphatic hydroxyl groups is 1. The van der Waals surface area contributed by atoms with Crippen LogP contribution in [0.25, 0.3) is 0 Å². The lowest BCUT2D eigenvalue weighted by Gasteiger charge is -2.42. The number of aliphatic carboxylic acids is 1. The topological polar surface area (TPSA) is 83.5 Å². The molecule has 0 aliphatic heterocycles. The van der Waals surface area contributed by atoms with Gasteiger partial charge in [-0.25, -0.2) is 4.79 Å². The van der Waals surface area contributed by atoms with E-state index >= 15 is 0 Å². The van der Waals surface area contributed by atoms with Crippen molar-refractivity contribution in [3.63, 3.8) is 0 Å². The number of rotatable bonds is 1. The van der Waals surface area contributed by atoms with Crippen molar-refractivity contribution in [1.29, 1.82) is 0 Å². The van der Waals surface area contributed by atoms with Crippen molar-refractivity contribution in [2.24, 2.45) is 11.1 Å². The number of hydrogen-bond acceptors (Lipinski definition) is 3. The lowest BCUT2D eigenvalue weighted by molar-refractivity contribution is -0.166. The van der Waals surface area contributed by atoms with Crippen LogP contribution in [0, 0.1) is 5.41 Å². The van der Waals surface area contributed by atoms with E-state index in [0.29, 0.717) is 12.8 Å². The lowest BCUT2D eigenvalue weighted by Crippen LogP contribution is -2.58. The average Bonchev–Trinajstić information content (AvgIpc) is 1.96. The van der Waals surface area contributed by atoms with E-state index in [9.17, 15) is 9.90 Å². The fraction of sp³-hybridized carbons (Fsp3) is 0.889. The van der Waals surface area contributed by atoms with Crippen LogP contribution in [-0.2, 0) is 4.79 Å². The van der Waals surface area contributed by atoms with Crippen LogP contribution in [0.2, 0.25) is 0 Å². The molecule has 1 rings (SSSR count). The third-order valence-electron chi connectivity index (χ3n) is 2.94. The van der Waals surface area contributed by atoms with Gasteiger partial charge in [-0.3, -0.25) is 0 Å². The van der Waals surface area contributed by atoms with Crippen LogP contribution in [0.3, 0.4) is 0 Å². The number of nitrogens with two attached hydrogens (primary N) is 1. The van der Waals surface area contributed by atoms with Crippen molar-refractivity contribution in [3.05, 3.63) is 0 Å². The highest BCUT2D eigenvalue weighted by atomic mass is 16.4. The summed E-state index contributed by atoms with van der Waals surface area (Å²) in [7, 11) is 0. The fourth-order valence-corrected chi connectivity index (χ4v) is 1.85. The Balaban J connectivity index is 2.79. The smallest absolute Gasteiger partial charge is 0.337 e. The molecule has 0 heterocycles. The molecule has 0 aromatic carbocycles. The van der Waals surface area contributed by atoms with Gasteiger partial charge in [-0.1, -0.05) is 13.8 Å². The summed E-state index contributed by atoms with van der Waals surface area (Å²) in [5, 5.41) is 18.5. The predicted molar refractivity (Wildman–Crippen MR) is 48.2 cm³/mol. The van der Waals surface area contributed by atoms with Gasteiger partial charge in [0, 0.05) is 6.04 Å². The molecule has 0 saturated heterocycles. The molecule has 0 aromatic rings. The van der Waals surface area contributed by atoms with E-state index in [4.69, 9.17) is 10.8 Å². The molecule has 1 fully saturated rings. The van der Waals surface area contributed by atoms with Gasteiger partial charge in [0.05, 0.1) is 0 Å². The number of hydrogen-bond donors (Lipinski definition) is 3. The Bertz CT molecular complexity index is 227. The van der Waals surface area contributed by atoms with Crippen molar-refractivity contribution in [1.82, 2.24) is 0 Å². The Morgan fingerprint density at radius 2 is 2.00 bits per heavy atom. The van der Waals surface area contributed by atoms with Crippen LogP contribution >= 0.6 is 0 Å². The van der Waals surface area contributed by atoms with Gasteiger partial charge in [-0.2, -0.15) is 0 Å². The van der Waals surface area contributed by atoms with E-state index in [1.54, 1.807) is 0 Å². The minimum atomic E-state index is -1.71. The maximum Gasteiger partial charge on any atom is 0.337 e. The Morgan fingerprint density at radius 1 is 1.46 bits per heavy atom. The van der Waals surface area contributed by atoms with Crippen LogP contribution in [0.15, 0.2) is 0 Å². The van der Waals surface area contributed by atoms with Gasteiger partial charge in [0.25, 0.3) is 0 Å². The van der Waals surface area contributed by atoms with Gasteiger partial charge in [0.2, 0.25) is 0 Å². The molecule has 1 aliphatic carbocycles. The summed E-state index contributed by atoms with van der Waals surface area (Å²) in [5.41, 5.74) is 3.99. The molecular weight excluding hydrogens is 170 g/mol. The molecule has 76 valence electrons. The third-order valence-corrected chi connectivity index (χ3v) is 2.94. The van der Waals surface area contributed by atoms with Crippen LogP contribution in [0.4, 0.5) is 0 Å². The van der Waals surface area contributed by atoms with Crippen LogP contribution in [0.1, 0.15) is 33.1 Å². The van der Waals surface area contributed by atoms with Crippen LogP contribution < -0.4 is 5.73 Å². The SMILES string of the molecule is CC1(C)CCC(O)(C(=O)O)C(N)C1. The maximum absolute atomic E-state index is 10.8. The molecule has 4 nitrogen and oxygen atoms in total. The molecule has 0 aromatic heterocycles. The highest BCUT2D eigenvalue weighted by molar-refractivity contribution is 5.78. The zero-order valence-electron chi connectivity index (χ0n) is 8.08. The van der Waals surface area contributed by atoms with Crippen molar-refractivity contribution in [2.45, 2.75) is 44.8 Å². The van der Waals surface area contributed by atoms with Gasteiger partial charge in [0.1, 0.15) is 0 Å². The molecule has 0 spiro atoms. The summed E-state index contributed by atoms with van der Waals surface area (Å²) in [6, 6.07) is -0.659. The molecule has 4 N–H and O–H groups in total. The molecule has 0 amide bonds. The van der Waals surface area contributed by atoms with Gasteiger partial charge in [-0.05, 0) is 24.7 Å². The minimum absolute atomic E-state index is 0.0428. The van der Waals surface area contributed by atoms with Crippen LogP contribution in [-0.4, -0.2) is 27.8 Å². The Labute approximate surface area is 77.7 Å². The molecule has 13 heavy (non-hydrogen) atoms. The van der Waals surface area contributed by atoms with E-state index in [1.807, 2.05) is 13.8 Å². The van der Waals surface area contributed by atoms with Gasteiger partial charge >= 0.3 is 5.97 Å². The second-order valence-corrected chi connectivity index (χ2v) is 4.70. The molecular formula is C9H17NO3. The molecule has 4 heteroatoms. The Morgan fingerprint density at radius 3 is 2.38 bits per heavy atom. The largest absolute Gasteiger partial charge is 0.479 e. The fourth-order valence-electron chi connectivity index (χ4n) is 1.85. The Hall–Kier alpha value is -0.610. The second-order valence-electron chi connectivity index (χ2n) is 4.70.